The zero-order chi connectivity index (χ0) is 29.4. The van der Waals surface area contributed by atoms with Crippen LogP contribution >= 0.6 is 0 Å². The minimum atomic E-state index is -0.961. The van der Waals surface area contributed by atoms with E-state index in [9.17, 15) is 15.0 Å². The summed E-state index contributed by atoms with van der Waals surface area (Å²) in [6, 6.07) is 5.59. The standard InChI is InChI=1S/C34H49NO6/c1-32-14-11-25(36)21-24(32)8-9-26-27(32)12-15-33(2)28(26)13-16-34(33,38)22-35(17-6-18-39-3)31(37)20-23-7-10-29(40-4)30(19-23)41-5/h7-10,19,25,27-28,36,38H,6,11-18,20-22H2,1-5H3/t25-,27-,28-,32-,33-,34+/m0/s1. The summed E-state index contributed by atoms with van der Waals surface area (Å²) in [5.41, 5.74) is 2.58. The Bertz CT molecular complexity index is 1190. The second-order valence-electron chi connectivity index (χ2n) is 13.3. The molecule has 0 heterocycles. The molecular weight excluding hydrogens is 518 g/mol. The van der Waals surface area contributed by atoms with E-state index in [-0.39, 0.29) is 29.3 Å². The Labute approximate surface area is 245 Å². The van der Waals surface area contributed by atoms with Crippen LogP contribution in [0.15, 0.2) is 41.5 Å². The number of aliphatic hydroxyl groups excluding tert-OH is 1. The Hall–Kier alpha value is -2.35. The molecule has 0 unspecified atom stereocenters. The summed E-state index contributed by atoms with van der Waals surface area (Å²) in [4.78, 5) is 15.6. The molecule has 0 radical (unpaired) electrons. The number of hydrogen-bond acceptors (Lipinski definition) is 6. The van der Waals surface area contributed by atoms with Crippen molar-refractivity contribution in [2.75, 3.05) is 41.0 Å². The van der Waals surface area contributed by atoms with Crippen molar-refractivity contribution < 1.29 is 29.2 Å². The minimum Gasteiger partial charge on any atom is -0.493 e. The van der Waals surface area contributed by atoms with Gasteiger partial charge in [0.05, 0.1) is 32.3 Å². The van der Waals surface area contributed by atoms with Gasteiger partial charge in [0.25, 0.3) is 0 Å². The smallest absolute Gasteiger partial charge is 0.227 e. The zero-order valence-electron chi connectivity index (χ0n) is 25.6. The number of rotatable bonds is 10. The summed E-state index contributed by atoms with van der Waals surface area (Å²) in [6.45, 7) is 6.10. The van der Waals surface area contributed by atoms with Gasteiger partial charge in [-0.25, -0.2) is 0 Å². The molecule has 1 aromatic rings. The number of carbonyl (C=O) groups excluding carboxylic acids is 1. The molecule has 0 saturated heterocycles. The molecular formula is C34H49NO6. The van der Waals surface area contributed by atoms with E-state index in [2.05, 4.69) is 26.0 Å². The molecule has 3 fully saturated rings. The van der Waals surface area contributed by atoms with Crippen LogP contribution in [0.4, 0.5) is 0 Å². The van der Waals surface area contributed by atoms with Gasteiger partial charge in [-0.1, -0.05) is 43.2 Å². The number of benzene rings is 1. The second kappa shape index (κ2) is 11.7. The zero-order valence-corrected chi connectivity index (χ0v) is 25.6. The first kappa shape index (κ1) is 30.1. The van der Waals surface area contributed by atoms with Crippen molar-refractivity contribution in [1.82, 2.24) is 4.90 Å². The first-order valence-electron chi connectivity index (χ1n) is 15.4. The van der Waals surface area contributed by atoms with Gasteiger partial charge in [-0.15, -0.1) is 0 Å². The Morgan fingerprint density at radius 3 is 2.49 bits per heavy atom. The first-order valence-corrected chi connectivity index (χ1v) is 15.4. The molecule has 0 bridgehead atoms. The maximum atomic E-state index is 13.8. The van der Waals surface area contributed by atoms with Crippen LogP contribution < -0.4 is 9.47 Å². The number of fused-ring (bicyclic) bond motifs is 5. The maximum Gasteiger partial charge on any atom is 0.227 e. The average molecular weight is 568 g/mol. The highest BCUT2D eigenvalue weighted by Crippen LogP contribution is 2.66. The molecule has 41 heavy (non-hydrogen) atoms. The van der Waals surface area contributed by atoms with Crippen LogP contribution in [-0.2, 0) is 16.0 Å². The molecule has 4 aliphatic carbocycles. The Morgan fingerprint density at radius 1 is 1.00 bits per heavy atom. The number of nitrogens with zero attached hydrogens (tertiary/aromatic N) is 1. The van der Waals surface area contributed by atoms with Crippen LogP contribution in [0.25, 0.3) is 0 Å². The second-order valence-corrected chi connectivity index (χ2v) is 13.3. The van der Waals surface area contributed by atoms with Gasteiger partial charge in [0.2, 0.25) is 5.91 Å². The summed E-state index contributed by atoms with van der Waals surface area (Å²) in [5, 5.41) is 22.7. The van der Waals surface area contributed by atoms with E-state index < -0.39 is 5.60 Å². The summed E-state index contributed by atoms with van der Waals surface area (Å²) in [6.07, 6.45) is 11.6. The maximum absolute atomic E-state index is 13.8. The molecule has 0 spiro atoms. The number of allylic oxidation sites excluding steroid dienone is 3. The van der Waals surface area contributed by atoms with Gasteiger partial charge in [0.1, 0.15) is 0 Å². The highest BCUT2D eigenvalue weighted by molar-refractivity contribution is 5.79. The molecule has 4 aliphatic rings. The minimum absolute atomic E-state index is 0.000199. The predicted molar refractivity (Wildman–Crippen MR) is 159 cm³/mol. The number of aliphatic hydroxyl groups is 2. The van der Waals surface area contributed by atoms with Crippen LogP contribution in [0, 0.1) is 22.7 Å². The fourth-order valence-corrected chi connectivity index (χ4v) is 8.64. The molecule has 1 aromatic carbocycles. The van der Waals surface area contributed by atoms with E-state index in [1.807, 2.05) is 23.1 Å². The third-order valence-corrected chi connectivity index (χ3v) is 11.3. The van der Waals surface area contributed by atoms with E-state index in [0.29, 0.717) is 49.5 Å². The van der Waals surface area contributed by atoms with Crippen molar-refractivity contribution in [3.05, 3.63) is 47.1 Å². The average Bonchev–Trinajstić information content (AvgIpc) is 3.23. The highest BCUT2D eigenvalue weighted by Gasteiger charge is 2.62. The summed E-state index contributed by atoms with van der Waals surface area (Å²) < 4.78 is 16.1. The van der Waals surface area contributed by atoms with Crippen LogP contribution in [0.2, 0.25) is 0 Å². The molecule has 7 heteroatoms. The molecule has 5 rings (SSSR count). The topological polar surface area (TPSA) is 88.5 Å². The Balaban J connectivity index is 1.37. The van der Waals surface area contributed by atoms with E-state index in [1.165, 1.54) is 11.1 Å². The number of amides is 1. The molecule has 0 aliphatic heterocycles. The lowest BCUT2D eigenvalue weighted by Gasteiger charge is -2.56. The number of methoxy groups -OCH3 is 3. The number of carbonyl (C=O) groups is 1. The first-order chi connectivity index (χ1) is 19.6. The summed E-state index contributed by atoms with van der Waals surface area (Å²) in [5.74, 6) is 2.01. The summed E-state index contributed by atoms with van der Waals surface area (Å²) >= 11 is 0. The molecule has 6 atom stereocenters. The van der Waals surface area contributed by atoms with Gasteiger partial charge >= 0.3 is 0 Å². The monoisotopic (exact) mass is 567 g/mol. The Morgan fingerprint density at radius 2 is 1.76 bits per heavy atom. The van der Waals surface area contributed by atoms with Crippen molar-refractivity contribution in [1.29, 1.82) is 0 Å². The van der Waals surface area contributed by atoms with Crippen LogP contribution in [0.5, 0.6) is 11.5 Å². The van der Waals surface area contributed by atoms with E-state index in [4.69, 9.17) is 14.2 Å². The predicted octanol–water partition coefficient (Wildman–Crippen LogP) is 5.09. The fraction of sp³-hybridized carbons (Fsp3) is 0.676. The molecule has 226 valence electrons. The van der Waals surface area contributed by atoms with Gasteiger partial charge in [0.15, 0.2) is 11.5 Å². The summed E-state index contributed by atoms with van der Waals surface area (Å²) in [7, 11) is 4.87. The molecule has 0 aromatic heterocycles. The molecule has 1 amide bonds. The number of ether oxygens (including phenoxy) is 3. The lowest BCUT2D eigenvalue weighted by molar-refractivity contribution is -0.142. The van der Waals surface area contributed by atoms with Crippen molar-refractivity contribution >= 4 is 5.91 Å². The van der Waals surface area contributed by atoms with Crippen molar-refractivity contribution in [2.45, 2.75) is 83.3 Å². The molecule has 3 saturated carbocycles. The van der Waals surface area contributed by atoms with Gasteiger partial charge in [-0.2, -0.15) is 0 Å². The third kappa shape index (κ3) is 5.34. The lowest BCUT2D eigenvalue weighted by Crippen LogP contribution is -2.57. The van der Waals surface area contributed by atoms with Crippen LogP contribution in [0.3, 0.4) is 0 Å². The fourth-order valence-electron chi connectivity index (χ4n) is 8.64. The SMILES string of the molecule is COCCCN(C[C@]1(O)CC[C@H]2C3=CC=C4C[C@@H](O)CC[C@]4(C)[C@H]3CC[C@@]21C)C(=O)Cc1ccc(OC)c(OC)c1. The highest BCUT2D eigenvalue weighted by atomic mass is 16.5. The number of hydrogen-bond donors (Lipinski definition) is 2. The largest absolute Gasteiger partial charge is 0.493 e. The van der Waals surface area contributed by atoms with E-state index >= 15 is 0 Å². The molecule has 7 nitrogen and oxygen atoms in total. The van der Waals surface area contributed by atoms with Crippen molar-refractivity contribution in [3.63, 3.8) is 0 Å². The normalized spacial score (nSPS) is 34.1. The van der Waals surface area contributed by atoms with E-state index in [1.54, 1.807) is 21.3 Å². The Kier molecular flexibility index (Phi) is 8.62. The van der Waals surface area contributed by atoms with E-state index in [0.717, 1.165) is 50.5 Å². The van der Waals surface area contributed by atoms with Crippen LogP contribution in [-0.4, -0.2) is 73.8 Å². The quantitative estimate of drug-likeness (QED) is 0.383. The van der Waals surface area contributed by atoms with Crippen LogP contribution in [0.1, 0.15) is 70.8 Å². The van der Waals surface area contributed by atoms with Crippen molar-refractivity contribution in [2.24, 2.45) is 22.7 Å². The molecule has 2 N–H and O–H groups in total. The van der Waals surface area contributed by atoms with Crippen molar-refractivity contribution in [3.8, 4) is 11.5 Å². The third-order valence-electron chi connectivity index (χ3n) is 11.3. The van der Waals surface area contributed by atoms with Gasteiger partial charge < -0.3 is 29.3 Å². The van der Waals surface area contributed by atoms with Gasteiger partial charge in [-0.05, 0) is 86.3 Å². The van der Waals surface area contributed by atoms with Gasteiger partial charge in [0, 0.05) is 32.2 Å². The van der Waals surface area contributed by atoms with Gasteiger partial charge in [-0.3, -0.25) is 4.79 Å². The lowest BCUT2D eigenvalue weighted by atomic mass is 9.50.